The van der Waals surface area contributed by atoms with Gasteiger partial charge in [-0.3, -0.25) is 10.1 Å². The maximum absolute atomic E-state index is 13.6. The lowest BCUT2D eigenvalue weighted by Gasteiger charge is -2.35. The van der Waals surface area contributed by atoms with E-state index in [9.17, 15) is 14.5 Å². The number of hydrogen-bond donors (Lipinski definition) is 1. The van der Waals surface area contributed by atoms with E-state index in [-0.39, 0.29) is 0 Å². The molecule has 0 aliphatic heterocycles. The molecule has 1 saturated carbocycles. The molecule has 104 valence electrons. The van der Waals surface area contributed by atoms with Crippen LogP contribution in [0.1, 0.15) is 33.1 Å². The van der Waals surface area contributed by atoms with E-state index in [1.807, 2.05) is 0 Å². The molecule has 1 N–H and O–H groups in total. The minimum absolute atomic E-state index is 0.301. The first-order valence-corrected chi connectivity index (χ1v) is 6.69. The van der Waals surface area contributed by atoms with Gasteiger partial charge in [0.25, 0.3) is 0 Å². The Kier molecular flexibility index (Phi) is 4.02. The van der Waals surface area contributed by atoms with E-state index in [1.54, 1.807) is 6.07 Å². The van der Waals surface area contributed by atoms with Crippen LogP contribution in [0, 0.1) is 27.8 Å². The van der Waals surface area contributed by atoms with Crippen LogP contribution in [-0.4, -0.2) is 11.0 Å². The van der Waals surface area contributed by atoms with Gasteiger partial charge in [-0.05, 0) is 30.7 Å². The molecule has 0 amide bonds. The molecule has 2 rings (SSSR count). The van der Waals surface area contributed by atoms with Gasteiger partial charge in [-0.2, -0.15) is 4.39 Å². The molecule has 0 aromatic heterocycles. The average molecular weight is 266 g/mol. The predicted octanol–water partition coefficient (Wildman–Crippen LogP) is 3.97. The van der Waals surface area contributed by atoms with Crippen molar-refractivity contribution in [3.63, 3.8) is 0 Å². The van der Waals surface area contributed by atoms with Crippen LogP contribution in [0.5, 0.6) is 0 Å². The Hall–Kier alpha value is -1.65. The van der Waals surface area contributed by atoms with Crippen molar-refractivity contribution in [2.45, 2.75) is 39.2 Å². The van der Waals surface area contributed by atoms with Crippen LogP contribution in [0.3, 0.4) is 0 Å². The second-order valence-electron chi connectivity index (χ2n) is 5.48. The van der Waals surface area contributed by atoms with Crippen LogP contribution in [0.2, 0.25) is 0 Å². The summed E-state index contributed by atoms with van der Waals surface area (Å²) in [7, 11) is 0. The summed E-state index contributed by atoms with van der Waals surface area (Å²) in [5.74, 6) is 0.273. The van der Waals surface area contributed by atoms with Crippen LogP contribution in [-0.2, 0) is 0 Å². The van der Waals surface area contributed by atoms with Crippen LogP contribution in [0.15, 0.2) is 18.2 Å². The SMILES string of the molecule is CC1CCCC(C)C1Nc1ccc([N+](=O)[O-])c(F)c1. The number of nitro benzene ring substituents is 1. The van der Waals surface area contributed by atoms with Gasteiger partial charge in [-0.15, -0.1) is 0 Å². The van der Waals surface area contributed by atoms with Gasteiger partial charge in [0.15, 0.2) is 0 Å². The molecule has 1 aliphatic rings. The Bertz CT molecular complexity index is 469. The minimum Gasteiger partial charge on any atom is -0.382 e. The number of hydrogen-bond acceptors (Lipinski definition) is 3. The molecule has 1 aromatic rings. The van der Waals surface area contributed by atoms with Crippen molar-refractivity contribution < 1.29 is 9.31 Å². The highest BCUT2D eigenvalue weighted by Crippen LogP contribution is 2.32. The first kappa shape index (κ1) is 13.8. The van der Waals surface area contributed by atoms with Crippen molar-refractivity contribution >= 4 is 11.4 Å². The fourth-order valence-corrected chi connectivity index (χ4v) is 2.90. The summed E-state index contributed by atoms with van der Waals surface area (Å²) in [5, 5.41) is 13.9. The van der Waals surface area contributed by atoms with Crippen molar-refractivity contribution in [1.29, 1.82) is 0 Å². The summed E-state index contributed by atoms with van der Waals surface area (Å²) in [6, 6.07) is 4.31. The second kappa shape index (κ2) is 5.55. The van der Waals surface area contributed by atoms with E-state index in [2.05, 4.69) is 19.2 Å². The Labute approximate surface area is 112 Å². The minimum atomic E-state index is -0.786. The van der Waals surface area contributed by atoms with Gasteiger partial charge in [0.05, 0.1) is 4.92 Å². The van der Waals surface area contributed by atoms with Gasteiger partial charge in [0.2, 0.25) is 5.82 Å². The number of nitro groups is 1. The first-order chi connectivity index (χ1) is 8.99. The summed E-state index contributed by atoms with van der Waals surface area (Å²) >= 11 is 0. The lowest BCUT2D eigenvalue weighted by Crippen LogP contribution is -2.37. The van der Waals surface area contributed by atoms with Crippen LogP contribution in [0.25, 0.3) is 0 Å². The largest absolute Gasteiger partial charge is 0.382 e. The molecule has 0 spiro atoms. The third-order valence-corrected chi connectivity index (χ3v) is 4.02. The fourth-order valence-electron chi connectivity index (χ4n) is 2.90. The van der Waals surface area contributed by atoms with Gasteiger partial charge < -0.3 is 5.32 Å². The summed E-state index contributed by atoms with van der Waals surface area (Å²) in [5.41, 5.74) is 0.143. The molecule has 0 heterocycles. The number of anilines is 1. The molecular weight excluding hydrogens is 247 g/mol. The number of benzene rings is 1. The molecule has 5 heteroatoms. The zero-order valence-electron chi connectivity index (χ0n) is 11.2. The Balaban J connectivity index is 2.14. The number of rotatable bonds is 3. The zero-order valence-corrected chi connectivity index (χ0v) is 11.2. The topological polar surface area (TPSA) is 55.2 Å². The monoisotopic (exact) mass is 266 g/mol. The van der Waals surface area contributed by atoms with Gasteiger partial charge in [-0.1, -0.05) is 20.3 Å². The lowest BCUT2D eigenvalue weighted by atomic mass is 9.78. The van der Waals surface area contributed by atoms with E-state index in [0.29, 0.717) is 23.6 Å². The molecule has 4 nitrogen and oxygen atoms in total. The Morgan fingerprint density at radius 3 is 2.47 bits per heavy atom. The van der Waals surface area contributed by atoms with Crippen LogP contribution < -0.4 is 5.32 Å². The highest BCUT2D eigenvalue weighted by molar-refractivity contribution is 5.50. The summed E-state index contributed by atoms with van der Waals surface area (Å²) < 4.78 is 13.6. The number of nitrogens with zero attached hydrogens (tertiary/aromatic N) is 1. The second-order valence-corrected chi connectivity index (χ2v) is 5.48. The third kappa shape index (κ3) is 3.03. The molecule has 1 aromatic carbocycles. The van der Waals surface area contributed by atoms with E-state index in [4.69, 9.17) is 0 Å². The number of nitrogens with one attached hydrogen (secondary N) is 1. The zero-order chi connectivity index (χ0) is 14.0. The highest BCUT2D eigenvalue weighted by Gasteiger charge is 2.27. The fraction of sp³-hybridized carbons (Fsp3) is 0.571. The average Bonchev–Trinajstić information content (AvgIpc) is 2.33. The highest BCUT2D eigenvalue weighted by atomic mass is 19.1. The lowest BCUT2D eigenvalue weighted by molar-refractivity contribution is -0.387. The molecule has 0 radical (unpaired) electrons. The molecule has 19 heavy (non-hydrogen) atoms. The smallest absolute Gasteiger partial charge is 0.304 e. The Morgan fingerprint density at radius 2 is 1.95 bits per heavy atom. The first-order valence-electron chi connectivity index (χ1n) is 6.69. The van der Waals surface area contributed by atoms with Crippen molar-refractivity contribution in [1.82, 2.24) is 0 Å². The van der Waals surface area contributed by atoms with E-state index >= 15 is 0 Å². The van der Waals surface area contributed by atoms with Gasteiger partial charge in [0, 0.05) is 23.9 Å². The quantitative estimate of drug-likeness (QED) is 0.665. The van der Waals surface area contributed by atoms with Crippen molar-refractivity contribution in [2.24, 2.45) is 11.8 Å². The molecule has 2 atom stereocenters. The molecule has 0 bridgehead atoms. The molecule has 1 aliphatic carbocycles. The summed E-state index contributed by atoms with van der Waals surface area (Å²) in [6.45, 7) is 4.38. The van der Waals surface area contributed by atoms with Gasteiger partial charge in [0.1, 0.15) is 0 Å². The summed E-state index contributed by atoms with van der Waals surface area (Å²) in [6.07, 6.45) is 3.56. The molecule has 2 unspecified atom stereocenters. The molecular formula is C14H19FN2O2. The normalized spacial score (nSPS) is 27.0. The Morgan fingerprint density at radius 1 is 1.32 bits per heavy atom. The standard InChI is InChI=1S/C14H19FN2O2/c1-9-4-3-5-10(2)14(9)16-11-6-7-13(17(18)19)12(15)8-11/h6-10,14,16H,3-5H2,1-2H3. The van der Waals surface area contributed by atoms with E-state index in [0.717, 1.165) is 12.8 Å². The van der Waals surface area contributed by atoms with Crippen molar-refractivity contribution in [3.8, 4) is 0 Å². The maximum Gasteiger partial charge on any atom is 0.304 e. The van der Waals surface area contributed by atoms with Gasteiger partial charge >= 0.3 is 5.69 Å². The summed E-state index contributed by atoms with van der Waals surface area (Å²) in [4.78, 5) is 9.87. The number of halogens is 1. The molecule has 1 fully saturated rings. The van der Waals surface area contributed by atoms with Crippen LogP contribution >= 0.6 is 0 Å². The predicted molar refractivity (Wildman–Crippen MR) is 72.6 cm³/mol. The van der Waals surface area contributed by atoms with E-state index in [1.165, 1.54) is 18.6 Å². The third-order valence-electron chi connectivity index (χ3n) is 4.02. The van der Waals surface area contributed by atoms with E-state index < -0.39 is 16.4 Å². The van der Waals surface area contributed by atoms with Crippen molar-refractivity contribution in [2.75, 3.05) is 5.32 Å². The van der Waals surface area contributed by atoms with Crippen LogP contribution in [0.4, 0.5) is 15.8 Å². The molecule has 0 saturated heterocycles. The maximum atomic E-state index is 13.6. The van der Waals surface area contributed by atoms with Gasteiger partial charge in [-0.25, -0.2) is 0 Å². The van der Waals surface area contributed by atoms with Crippen molar-refractivity contribution in [3.05, 3.63) is 34.1 Å².